The van der Waals surface area contributed by atoms with Gasteiger partial charge in [-0.2, -0.15) is 5.10 Å². The summed E-state index contributed by atoms with van der Waals surface area (Å²) in [5.74, 6) is 0. The number of rotatable bonds is 5. The van der Waals surface area contributed by atoms with Crippen molar-refractivity contribution in [2.24, 2.45) is 0 Å². The first kappa shape index (κ1) is 11.6. The van der Waals surface area contributed by atoms with E-state index in [9.17, 15) is 0 Å². The number of hydrogen-bond acceptors (Lipinski definition) is 3. The highest BCUT2D eigenvalue weighted by Gasteiger charge is 2.25. The molecule has 1 aromatic heterocycles. The summed E-state index contributed by atoms with van der Waals surface area (Å²) in [7, 11) is 0. The summed E-state index contributed by atoms with van der Waals surface area (Å²) in [6.45, 7) is 6.17. The zero-order chi connectivity index (χ0) is 11.4. The van der Waals surface area contributed by atoms with Gasteiger partial charge in [-0.1, -0.05) is 13.8 Å². The Bertz CT molecular complexity index is 297. The van der Waals surface area contributed by atoms with E-state index in [0.717, 1.165) is 25.9 Å². The van der Waals surface area contributed by atoms with Gasteiger partial charge in [-0.15, -0.1) is 0 Å². The van der Waals surface area contributed by atoms with Crippen molar-refractivity contribution in [1.29, 1.82) is 0 Å². The van der Waals surface area contributed by atoms with Crippen LogP contribution in [0.4, 0.5) is 0 Å². The van der Waals surface area contributed by atoms with Crippen LogP contribution in [-0.4, -0.2) is 34.6 Å². The van der Waals surface area contributed by atoms with Gasteiger partial charge in [-0.05, 0) is 18.9 Å². The molecule has 1 aliphatic heterocycles. The molecule has 0 spiro atoms. The van der Waals surface area contributed by atoms with Crippen molar-refractivity contribution in [1.82, 2.24) is 15.1 Å². The Labute approximate surface area is 97.0 Å². The standard InChI is InChI=1S/C12H21N3O/c1-10(2)13-8-11-4-5-12(16-11)9-15-7-3-6-14-15/h3,6-7,10-13H,4-5,8-9H2,1-2H3. The van der Waals surface area contributed by atoms with Gasteiger partial charge in [-0.3, -0.25) is 4.68 Å². The summed E-state index contributed by atoms with van der Waals surface area (Å²) >= 11 is 0. The highest BCUT2D eigenvalue weighted by molar-refractivity contribution is 4.81. The second-order valence-electron chi connectivity index (χ2n) is 4.75. The van der Waals surface area contributed by atoms with Crippen molar-refractivity contribution >= 4 is 0 Å². The maximum atomic E-state index is 5.96. The summed E-state index contributed by atoms with van der Waals surface area (Å²) in [5, 5.41) is 7.62. The van der Waals surface area contributed by atoms with Gasteiger partial charge >= 0.3 is 0 Å². The predicted molar refractivity (Wildman–Crippen MR) is 63.3 cm³/mol. The molecule has 0 saturated carbocycles. The van der Waals surface area contributed by atoms with Gasteiger partial charge in [0.05, 0.1) is 18.8 Å². The maximum Gasteiger partial charge on any atom is 0.0776 e. The van der Waals surface area contributed by atoms with Crippen molar-refractivity contribution in [2.45, 2.75) is 51.5 Å². The smallest absolute Gasteiger partial charge is 0.0776 e. The highest BCUT2D eigenvalue weighted by Crippen LogP contribution is 2.20. The van der Waals surface area contributed by atoms with E-state index in [0.29, 0.717) is 18.2 Å². The van der Waals surface area contributed by atoms with Crippen molar-refractivity contribution < 1.29 is 4.74 Å². The molecule has 0 aromatic carbocycles. The zero-order valence-corrected chi connectivity index (χ0v) is 10.1. The van der Waals surface area contributed by atoms with Crippen LogP contribution in [0.5, 0.6) is 0 Å². The van der Waals surface area contributed by atoms with Crippen LogP contribution in [0.3, 0.4) is 0 Å². The molecule has 1 N–H and O–H groups in total. The molecule has 1 fully saturated rings. The van der Waals surface area contributed by atoms with Gasteiger partial charge in [0, 0.05) is 25.0 Å². The summed E-state index contributed by atoms with van der Waals surface area (Å²) in [5.41, 5.74) is 0. The summed E-state index contributed by atoms with van der Waals surface area (Å²) < 4.78 is 7.91. The van der Waals surface area contributed by atoms with Crippen LogP contribution < -0.4 is 5.32 Å². The Morgan fingerprint density at radius 3 is 2.94 bits per heavy atom. The second-order valence-corrected chi connectivity index (χ2v) is 4.75. The van der Waals surface area contributed by atoms with E-state index in [4.69, 9.17) is 4.74 Å². The van der Waals surface area contributed by atoms with E-state index in [1.54, 1.807) is 0 Å². The number of aromatic nitrogens is 2. The normalized spacial score (nSPS) is 25.4. The molecule has 1 aromatic rings. The molecular weight excluding hydrogens is 202 g/mol. The lowest BCUT2D eigenvalue weighted by atomic mass is 10.2. The Morgan fingerprint density at radius 1 is 1.44 bits per heavy atom. The van der Waals surface area contributed by atoms with Gasteiger partial charge in [-0.25, -0.2) is 0 Å². The van der Waals surface area contributed by atoms with E-state index >= 15 is 0 Å². The Hall–Kier alpha value is -0.870. The van der Waals surface area contributed by atoms with Crippen LogP contribution in [0.1, 0.15) is 26.7 Å². The predicted octanol–water partition coefficient (Wildman–Crippen LogP) is 1.43. The van der Waals surface area contributed by atoms with Gasteiger partial charge in [0.25, 0.3) is 0 Å². The molecule has 16 heavy (non-hydrogen) atoms. The van der Waals surface area contributed by atoms with Crippen LogP contribution in [0, 0.1) is 0 Å². The fourth-order valence-corrected chi connectivity index (χ4v) is 2.05. The monoisotopic (exact) mass is 223 g/mol. The first-order valence-electron chi connectivity index (χ1n) is 6.10. The lowest BCUT2D eigenvalue weighted by molar-refractivity contribution is 0.0333. The molecule has 90 valence electrons. The van der Waals surface area contributed by atoms with Crippen LogP contribution in [0.25, 0.3) is 0 Å². The Kier molecular flexibility index (Phi) is 3.96. The average Bonchev–Trinajstić information content (AvgIpc) is 2.87. The molecule has 2 rings (SSSR count). The number of hydrogen-bond donors (Lipinski definition) is 1. The zero-order valence-electron chi connectivity index (χ0n) is 10.1. The molecule has 0 bridgehead atoms. The fraction of sp³-hybridized carbons (Fsp3) is 0.750. The van der Waals surface area contributed by atoms with Crippen molar-refractivity contribution in [3.05, 3.63) is 18.5 Å². The van der Waals surface area contributed by atoms with Crippen LogP contribution >= 0.6 is 0 Å². The van der Waals surface area contributed by atoms with E-state index in [-0.39, 0.29) is 0 Å². The lowest BCUT2D eigenvalue weighted by Crippen LogP contribution is -2.32. The number of nitrogens with one attached hydrogen (secondary N) is 1. The Morgan fingerprint density at radius 2 is 2.25 bits per heavy atom. The minimum absolute atomic E-state index is 0.332. The van der Waals surface area contributed by atoms with Gasteiger partial charge in [0.2, 0.25) is 0 Å². The minimum Gasteiger partial charge on any atom is -0.372 e. The molecule has 0 aliphatic carbocycles. The molecular formula is C12H21N3O. The number of nitrogens with zero attached hydrogens (tertiary/aromatic N) is 2. The molecule has 0 radical (unpaired) electrons. The minimum atomic E-state index is 0.332. The molecule has 4 nitrogen and oxygen atoms in total. The van der Waals surface area contributed by atoms with E-state index in [2.05, 4.69) is 24.3 Å². The van der Waals surface area contributed by atoms with E-state index < -0.39 is 0 Å². The van der Waals surface area contributed by atoms with Crippen molar-refractivity contribution in [2.75, 3.05) is 6.54 Å². The average molecular weight is 223 g/mol. The second kappa shape index (κ2) is 5.46. The molecule has 2 atom stereocenters. The van der Waals surface area contributed by atoms with Crippen molar-refractivity contribution in [3.8, 4) is 0 Å². The SMILES string of the molecule is CC(C)NCC1CCC(Cn2cccn2)O1. The van der Waals surface area contributed by atoms with Crippen LogP contribution in [-0.2, 0) is 11.3 Å². The highest BCUT2D eigenvalue weighted by atomic mass is 16.5. The molecule has 1 saturated heterocycles. The van der Waals surface area contributed by atoms with Crippen LogP contribution in [0.2, 0.25) is 0 Å². The topological polar surface area (TPSA) is 39.1 Å². The third-order valence-electron chi connectivity index (χ3n) is 2.90. The molecule has 2 heterocycles. The molecule has 4 heteroatoms. The molecule has 2 unspecified atom stereocenters. The first-order chi connectivity index (χ1) is 7.74. The van der Waals surface area contributed by atoms with Gasteiger partial charge < -0.3 is 10.1 Å². The summed E-state index contributed by atoms with van der Waals surface area (Å²) in [4.78, 5) is 0. The van der Waals surface area contributed by atoms with Crippen molar-refractivity contribution in [3.63, 3.8) is 0 Å². The third kappa shape index (κ3) is 3.32. The van der Waals surface area contributed by atoms with E-state index in [1.807, 2.05) is 23.1 Å². The molecule has 0 amide bonds. The largest absolute Gasteiger partial charge is 0.372 e. The van der Waals surface area contributed by atoms with E-state index in [1.165, 1.54) is 0 Å². The fourth-order valence-electron chi connectivity index (χ4n) is 2.05. The quantitative estimate of drug-likeness (QED) is 0.820. The summed E-state index contributed by atoms with van der Waals surface area (Å²) in [6.07, 6.45) is 6.81. The maximum absolute atomic E-state index is 5.96. The van der Waals surface area contributed by atoms with Crippen LogP contribution in [0.15, 0.2) is 18.5 Å². The number of ether oxygens (including phenoxy) is 1. The van der Waals surface area contributed by atoms with Gasteiger partial charge in [0.15, 0.2) is 0 Å². The molecule has 1 aliphatic rings. The summed E-state index contributed by atoms with van der Waals surface area (Å²) in [6, 6.07) is 2.49. The first-order valence-corrected chi connectivity index (χ1v) is 6.10. The lowest BCUT2D eigenvalue weighted by Gasteiger charge is -2.16. The Balaban J connectivity index is 1.71. The van der Waals surface area contributed by atoms with Gasteiger partial charge in [0.1, 0.15) is 0 Å². The third-order valence-corrected chi connectivity index (χ3v) is 2.90.